The van der Waals surface area contributed by atoms with E-state index in [2.05, 4.69) is 0 Å². The van der Waals surface area contributed by atoms with Gasteiger partial charge in [-0.15, -0.1) is 0 Å². The predicted octanol–water partition coefficient (Wildman–Crippen LogP) is -0.402. The van der Waals surface area contributed by atoms with Gasteiger partial charge < -0.3 is 54.7 Å². The SMILES string of the molecule is COc1cc([C@H]2c3cc(O)c(OC)cc3C[C@@](O)(CO)[C@@H]2CO[C@@H]2OC[C@@H](O)[C@H](O)[C@H]2O)ccc1O. The van der Waals surface area contributed by atoms with E-state index in [1.165, 1.54) is 26.4 Å². The molecular weight excluding hydrogens is 476 g/mol. The van der Waals surface area contributed by atoms with Gasteiger partial charge in [-0.1, -0.05) is 6.07 Å². The van der Waals surface area contributed by atoms with Crippen LogP contribution in [0.4, 0.5) is 0 Å². The molecule has 198 valence electrons. The van der Waals surface area contributed by atoms with Crippen LogP contribution in [-0.4, -0.2) is 100.0 Å². The maximum atomic E-state index is 11.6. The molecule has 7 N–H and O–H groups in total. The van der Waals surface area contributed by atoms with Crippen LogP contribution in [0, 0.1) is 5.92 Å². The highest BCUT2D eigenvalue weighted by Gasteiger charge is 2.49. The molecule has 0 unspecified atom stereocenters. The summed E-state index contributed by atoms with van der Waals surface area (Å²) in [6.07, 6.45) is -5.57. The second-order valence-corrected chi connectivity index (χ2v) is 9.26. The van der Waals surface area contributed by atoms with Crippen molar-refractivity contribution in [2.45, 2.75) is 42.5 Å². The van der Waals surface area contributed by atoms with Crippen LogP contribution in [-0.2, 0) is 15.9 Å². The summed E-state index contributed by atoms with van der Waals surface area (Å²) in [4.78, 5) is 0. The lowest BCUT2D eigenvalue weighted by molar-refractivity contribution is -0.277. The lowest BCUT2D eigenvalue weighted by Crippen LogP contribution is -2.56. The van der Waals surface area contributed by atoms with Gasteiger partial charge in [0.2, 0.25) is 0 Å². The largest absolute Gasteiger partial charge is 0.504 e. The maximum absolute atomic E-state index is 11.6. The molecule has 4 rings (SSSR count). The first kappa shape index (κ1) is 26.4. The number of fused-ring (bicyclic) bond motifs is 1. The van der Waals surface area contributed by atoms with Crippen molar-refractivity contribution in [2.24, 2.45) is 5.92 Å². The number of aliphatic hydroxyl groups is 5. The second kappa shape index (κ2) is 10.4. The number of aromatic hydroxyl groups is 2. The fraction of sp³-hybridized carbons (Fsp3) is 0.520. The number of rotatable bonds is 7. The van der Waals surface area contributed by atoms with E-state index in [1.54, 1.807) is 18.2 Å². The van der Waals surface area contributed by atoms with E-state index in [9.17, 15) is 35.7 Å². The Bertz CT molecular complexity index is 1080. The fourth-order valence-electron chi connectivity index (χ4n) is 5.07. The third kappa shape index (κ3) is 4.71. The van der Waals surface area contributed by atoms with E-state index < -0.39 is 48.6 Å². The zero-order chi connectivity index (χ0) is 26.2. The number of methoxy groups -OCH3 is 2. The normalized spacial score (nSPS) is 32.1. The van der Waals surface area contributed by atoms with E-state index >= 15 is 0 Å². The first-order valence-electron chi connectivity index (χ1n) is 11.5. The second-order valence-electron chi connectivity index (χ2n) is 9.26. The minimum absolute atomic E-state index is 0.00460. The van der Waals surface area contributed by atoms with Crippen LogP contribution in [0.3, 0.4) is 0 Å². The van der Waals surface area contributed by atoms with Crippen molar-refractivity contribution in [2.75, 3.05) is 34.0 Å². The summed E-state index contributed by atoms with van der Waals surface area (Å²) < 4.78 is 21.6. The third-order valence-electron chi connectivity index (χ3n) is 7.10. The third-order valence-corrected chi connectivity index (χ3v) is 7.10. The van der Waals surface area contributed by atoms with Gasteiger partial charge in [-0.05, 0) is 41.0 Å². The Labute approximate surface area is 207 Å². The number of phenols is 2. The lowest BCUT2D eigenvalue weighted by Gasteiger charge is -2.46. The van der Waals surface area contributed by atoms with Gasteiger partial charge in [0.1, 0.15) is 18.3 Å². The van der Waals surface area contributed by atoms with Gasteiger partial charge in [0.05, 0.1) is 39.6 Å². The van der Waals surface area contributed by atoms with E-state index in [4.69, 9.17) is 18.9 Å². The van der Waals surface area contributed by atoms with Gasteiger partial charge in [-0.2, -0.15) is 0 Å². The summed E-state index contributed by atoms with van der Waals surface area (Å²) >= 11 is 0. The van der Waals surface area contributed by atoms with Crippen molar-refractivity contribution in [3.8, 4) is 23.0 Å². The minimum Gasteiger partial charge on any atom is -0.504 e. The summed E-state index contributed by atoms with van der Waals surface area (Å²) in [5.41, 5.74) is 0.147. The zero-order valence-electron chi connectivity index (χ0n) is 19.9. The molecule has 2 aromatic carbocycles. The van der Waals surface area contributed by atoms with E-state index in [0.717, 1.165) is 0 Å². The molecule has 1 saturated heterocycles. The molecule has 0 bridgehead atoms. The average Bonchev–Trinajstić information content (AvgIpc) is 2.87. The number of ether oxygens (including phenoxy) is 4. The van der Waals surface area contributed by atoms with Crippen molar-refractivity contribution in [1.82, 2.24) is 0 Å². The van der Waals surface area contributed by atoms with Crippen LogP contribution in [0.1, 0.15) is 22.6 Å². The Morgan fingerprint density at radius 1 is 0.972 bits per heavy atom. The summed E-state index contributed by atoms with van der Waals surface area (Å²) in [6.45, 7) is -1.13. The van der Waals surface area contributed by atoms with Gasteiger partial charge in [-0.25, -0.2) is 0 Å². The zero-order valence-corrected chi connectivity index (χ0v) is 19.9. The van der Waals surface area contributed by atoms with Crippen molar-refractivity contribution in [1.29, 1.82) is 0 Å². The van der Waals surface area contributed by atoms with E-state index in [1.807, 2.05) is 0 Å². The topological polar surface area (TPSA) is 179 Å². The van der Waals surface area contributed by atoms with Crippen LogP contribution < -0.4 is 9.47 Å². The molecule has 0 saturated carbocycles. The Morgan fingerprint density at radius 2 is 1.67 bits per heavy atom. The highest BCUT2D eigenvalue weighted by molar-refractivity contribution is 5.54. The van der Waals surface area contributed by atoms with Crippen LogP contribution >= 0.6 is 0 Å². The van der Waals surface area contributed by atoms with Gasteiger partial charge in [0.25, 0.3) is 0 Å². The highest BCUT2D eigenvalue weighted by atomic mass is 16.7. The fourth-order valence-corrected chi connectivity index (χ4v) is 5.07. The standard InChI is InChI=1S/C25H32O11/c1-33-19-5-12(3-4-16(19)27)21-14-7-17(28)20(34-2)6-13(14)8-25(32,11-26)15(21)9-35-24-23(31)22(30)18(29)10-36-24/h3-7,15,18,21-24,26-32H,8-11H2,1-2H3/t15-,18-,21+,22+,23-,24-,25-/m1/s1. The molecule has 0 spiro atoms. The van der Waals surface area contributed by atoms with Crippen LogP contribution in [0.25, 0.3) is 0 Å². The molecule has 1 aliphatic heterocycles. The van der Waals surface area contributed by atoms with Gasteiger partial charge in [-0.3, -0.25) is 0 Å². The molecule has 2 aliphatic rings. The minimum atomic E-state index is -1.71. The van der Waals surface area contributed by atoms with Crippen molar-refractivity contribution >= 4 is 0 Å². The quantitative estimate of drug-likeness (QED) is 0.259. The van der Waals surface area contributed by atoms with Crippen LogP contribution in [0.2, 0.25) is 0 Å². The summed E-state index contributed by atoms with van der Waals surface area (Å²) in [5, 5.41) is 72.6. The molecule has 36 heavy (non-hydrogen) atoms. The molecule has 0 amide bonds. The first-order chi connectivity index (χ1) is 17.1. The first-order valence-corrected chi connectivity index (χ1v) is 11.5. The molecule has 11 heteroatoms. The average molecular weight is 509 g/mol. The summed E-state index contributed by atoms with van der Waals surface area (Å²) in [5.74, 6) is -1.33. The predicted molar refractivity (Wildman–Crippen MR) is 124 cm³/mol. The van der Waals surface area contributed by atoms with E-state index in [0.29, 0.717) is 16.7 Å². The van der Waals surface area contributed by atoms with E-state index in [-0.39, 0.29) is 42.6 Å². The molecule has 0 radical (unpaired) electrons. The van der Waals surface area contributed by atoms with Gasteiger partial charge in [0.15, 0.2) is 29.3 Å². The Balaban J connectivity index is 1.78. The monoisotopic (exact) mass is 508 g/mol. The summed E-state index contributed by atoms with van der Waals surface area (Å²) in [6, 6.07) is 7.78. The molecule has 2 aromatic rings. The lowest BCUT2D eigenvalue weighted by atomic mass is 9.64. The molecule has 11 nitrogen and oxygen atoms in total. The van der Waals surface area contributed by atoms with Crippen molar-refractivity contribution < 1.29 is 54.7 Å². The van der Waals surface area contributed by atoms with Gasteiger partial charge >= 0.3 is 0 Å². The number of phenolic OH excluding ortho intramolecular Hbond substituents is 2. The van der Waals surface area contributed by atoms with Gasteiger partial charge in [0, 0.05) is 18.3 Å². The number of benzene rings is 2. The summed E-state index contributed by atoms with van der Waals surface area (Å²) in [7, 11) is 2.80. The Kier molecular flexibility index (Phi) is 7.62. The number of hydrogen-bond acceptors (Lipinski definition) is 11. The van der Waals surface area contributed by atoms with Crippen molar-refractivity contribution in [3.05, 3.63) is 47.0 Å². The van der Waals surface area contributed by atoms with Crippen LogP contribution in [0.5, 0.6) is 23.0 Å². The van der Waals surface area contributed by atoms with Crippen LogP contribution in [0.15, 0.2) is 30.3 Å². The molecule has 1 heterocycles. The van der Waals surface area contributed by atoms with Crippen molar-refractivity contribution in [3.63, 3.8) is 0 Å². The molecule has 1 aliphatic carbocycles. The molecule has 0 aromatic heterocycles. The number of hydrogen-bond donors (Lipinski definition) is 7. The Hall–Kier alpha value is -2.64. The number of aliphatic hydroxyl groups excluding tert-OH is 4. The maximum Gasteiger partial charge on any atom is 0.186 e. The Morgan fingerprint density at radius 3 is 2.33 bits per heavy atom. The smallest absolute Gasteiger partial charge is 0.186 e. The highest BCUT2D eigenvalue weighted by Crippen LogP contribution is 2.49. The molecular formula is C25H32O11. The molecule has 1 fully saturated rings. The molecule has 7 atom stereocenters.